The second-order valence-electron chi connectivity index (χ2n) is 10.9. The van der Waals surface area contributed by atoms with E-state index in [4.69, 9.17) is 9.72 Å². The van der Waals surface area contributed by atoms with Crippen LogP contribution in [0.3, 0.4) is 0 Å². The molecule has 2 N–H and O–H groups in total. The number of hydrogen-bond donors (Lipinski definition) is 2. The van der Waals surface area contributed by atoms with Crippen LogP contribution in [0.2, 0.25) is 0 Å². The molecule has 12 nitrogen and oxygen atoms in total. The first-order chi connectivity index (χ1) is 21.1. The predicted molar refractivity (Wildman–Crippen MR) is 177 cm³/mol. The van der Waals surface area contributed by atoms with Gasteiger partial charge in [-0.25, -0.2) is 4.98 Å². The first-order valence-corrected chi connectivity index (χ1v) is 17.3. The molecule has 1 aliphatic rings. The second-order valence-corrected chi connectivity index (χ2v) is 14.9. The first-order valence-electron chi connectivity index (χ1n) is 13.9. The Morgan fingerprint density at radius 2 is 1.77 bits per heavy atom. The lowest BCUT2D eigenvalue weighted by Crippen LogP contribution is -2.34. The van der Waals surface area contributed by atoms with Gasteiger partial charge in [0.2, 0.25) is 5.95 Å². The molecule has 4 heterocycles. The number of Topliss-reactive ketones (excluding diaryl/α,β-unsaturated/α-hetero) is 1. The van der Waals surface area contributed by atoms with E-state index in [-0.39, 0.29) is 5.78 Å². The third kappa shape index (κ3) is 6.02. The number of carbonyl (C=O) groups is 1. The zero-order valence-corrected chi connectivity index (χ0v) is 27.2. The number of hydrogen-bond acceptors (Lipinski definition) is 11. The summed E-state index contributed by atoms with van der Waals surface area (Å²) in [4.78, 5) is 32.2. The standard InChI is InChI=1S/C30H31BrN9O3P/c1-39-17-18(15-35-39)20-13-24(26(43-2)14-25(20)40-11-7-19(41)8-12-40)37-30-34-16-21(31)29(38-30)36-23-6-5-22-27(33-10-9-32-22)28(23)44(3,4)42/h5-6,9-10,13-17H,7-8,11-12H2,1-4H3,(H2,34,36,37,38). The van der Waals surface area contributed by atoms with Gasteiger partial charge in [0, 0.05) is 80.6 Å². The van der Waals surface area contributed by atoms with Crippen molar-refractivity contribution in [1.29, 1.82) is 0 Å². The van der Waals surface area contributed by atoms with Crippen molar-refractivity contribution in [2.45, 2.75) is 12.8 Å². The fourth-order valence-corrected chi connectivity index (χ4v) is 7.00. The van der Waals surface area contributed by atoms with Crippen LogP contribution in [0, 0.1) is 0 Å². The molecule has 1 fully saturated rings. The zero-order chi connectivity index (χ0) is 31.0. The van der Waals surface area contributed by atoms with Gasteiger partial charge in [-0.15, -0.1) is 0 Å². The number of methoxy groups -OCH3 is 1. The number of fused-ring (bicyclic) bond motifs is 1. The minimum absolute atomic E-state index is 0.274. The number of benzene rings is 2. The van der Waals surface area contributed by atoms with Crippen LogP contribution in [0.4, 0.5) is 28.8 Å². The summed E-state index contributed by atoms with van der Waals surface area (Å²) in [6, 6.07) is 7.64. The monoisotopic (exact) mass is 675 g/mol. The summed E-state index contributed by atoms with van der Waals surface area (Å²) in [5, 5.41) is 11.6. The van der Waals surface area contributed by atoms with Crippen LogP contribution in [-0.4, -0.2) is 69.0 Å². The summed E-state index contributed by atoms with van der Waals surface area (Å²) < 4.78 is 21.6. The quantitative estimate of drug-likeness (QED) is 0.202. The van der Waals surface area contributed by atoms with Crippen LogP contribution in [-0.2, 0) is 16.4 Å². The molecule has 0 bridgehead atoms. The lowest BCUT2D eigenvalue weighted by molar-refractivity contribution is -0.119. The Morgan fingerprint density at radius 3 is 2.48 bits per heavy atom. The molecule has 0 radical (unpaired) electrons. The molecule has 0 aliphatic carbocycles. The fourth-order valence-electron chi connectivity index (χ4n) is 5.32. The molecule has 3 aromatic heterocycles. The van der Waals surface area contributed by atoms with Gasteiger partial charge in [0.15, 0.2) is 0 Å². The van der Waals surface area contributed by atoms with Gasteiger partial charge in [-0.2, -0.15) is 10.1 Å². The Hall–Kier alpha value is -4.35. The maximum absolute atomic E-state index is 13.4. The molecule has 1 saturated heterocycles. The average Bonchev–Trinajstić information content (AvgIpc) is 3.44. The van der Waals surface area contributed by atoms with Gasteiger partial charge in [-0.1, -0.05) is 0 Å². The molecule has 226 valence electrons. The van der Waals surface area contributed by atoms with E-state index in [1.165, 1.54) is 0 Å². The molecule has 0 unspecified atom stereocenters. The SMILES string of the molecule is COc1cc(N2CCC(=O)CC2)c(-c2cnn(C)c2)cc1Nc1ncc(Br)c(Nc2ccc3nccnc3c2P(C)(C)=O)n1. The molecule has 6 rings (SSSR count). The van der Waals surface area contributed by atoms with E-state index in [1.54, 1.807) is 43.7 Å². The highest BCUT2D eigenvalue weighted by atomic mass is 79.9. The van der Waals surface area contributed by atoms with Gasteiger partial charge in [0.1, 0.15) is 30.0 Å². The van der Waals surface area contributed by atoms with Crippen LogP contribution in [0.15, 0.2) is 59.7 Å². The highest BCUT2D eigenvalue weighted by Gasteiger charge is 2.24. The molecule has 1 aliphatic heterocycles. The Bertz CT molecular complexity index is 1930. The zero-order valence-electron chi connectivity index (χ0n) is 24.7. The van der Waals surface area contributed by atoms with Crippen LogP contribution in [0.1, 0.15) is 12.8 Å². The van der Waals surface area contributed by atoms with E-state index in [0.717, 1.165) is 16.8 Å². The number of aryl methyl sites for hydroxylation is 1. The fraction of sp³-hybridized carbons (Fsp3) is 0.267. The number of ketones is 1. The topological polar surface area (TPSA) is 140 Å². The Kier molecular flexibility index (Phi) is 8.08. The molecule has 5 aromatic rings. The Morgan fingerprint density at radius 1 is 1.00 bits per heavy atom. The average molecular weight is 677 g/mol. The lowest BCUT2D eigenvalue weighted by atomic mass is 10.0. The van der Waals surface area contributed by atoms with Crippen molar-refractivity contribution >= 4 is 74.0 Å². The third-order valence-corrected chi connectivity index (χ3v) is 9.50. The summed E-state index contributed by atoms with van der Waals surface area (Å²) in [5.41, 5.74) is 5.36. The summed E-state index contributed by atoms with van der Waals surface area (Å²) >= 11 is 3.55. The normalized spacial score (nSPS) is 13.8. The minimum atomic E-state index is -2.77. The number of piperidine rings is 1. The van der Waals surface area contributed by atoms with Gasteiger partial charge in [0.25, 0.3) is 0 Å². The van der Waals surface area contributed by atoms with Crippen LogP contribution < -0.4 is 25.6 Å². The summed E-state index contributed by atoms with van der Waals surface area (Å²) in [6.45, 7) is 4.69. The smallest absolute Gasteiger partial charge is 0.229 e. The number of halogens is 1. The van der Waals surface area contributed by atoms with Gasteiger partial charge in [-0.3, -0.25) is 19.4 Å². The molecular formula is C30H31BrN9O3P. The number of rotatable bonds is 8. The lowest BCUT2D eigenvalue weighted by Gasteiger charge is -2.30. The number of nitrogens with one attached hydrogen (secondary N) is 2. The van der Waals surface area contributed by atoms with Crippen molar-refractivity contribution in [2.24, 2.45) is 7.05 Å². The van der Waals surface area contributed by atoms with Crippen molar-refractivity contribution in [2.75, 3.05) is 49.1 Å². The Labute approximate surface area is 262 Å². The predicted octanol–water partition coefficient (Wildman–Crippen LogP) is 5.50. The molecule has 0 amide bonds. The molecule has 0 atom stereocenters. The van der Waals surface area contributed by atoms with Crippen molar-refractivity contribution in [3.63, 3.8) is 0 Å². The summed E-state index contributed by atoms with van der Waals surface area (Å²) in [6.07, 6.45) is 9.63. The molecule has 0 saturated carbocycles. The van der Waals surface area contributed by atoms with Gasteiger partial charge in [0.05, 0.1) is 40.0 Å². The van der Waals surface area contributed by atoms with E-state index in [1.807, 2.05) is 43.7 Å². The minimum Gasteiger partial charge on any atom is -0.494 e. The number of aromatic nitrogens is 6. The van der Waals surface area contributed by atoms with E-state index >= 15 is 0 Å². The van der Waals surface area contributed by atoms with E-state index in [9.17, 15) is 9.36 Å². The Balaban J connectivity index is 1.38. The van der Waals surface area contributed by atoms with Crippen molar-refractivity contribution in [3.05, 3.63) is 59.7 Å². The third-order valence-electron chi connectivity index (χ3n) is 7.39. The molecule has 0 spiro atoms. The van der Waals surface area contributed by atoms with Crippen molar-refractivity contribution in [3.8, 4) is 16.9 Å². The molecule has 44 heavy (non-hydrogen) atoms. The van der Waals surface area contributed by atoms with Gasteiger partial charge >= 0.3 is 0 Å². The second kappa shape index (κ2) is 12.0. The highest BCUT2D eigenvalue weighted by Crippen LogP contribution is 2.43. The maximum Gasteiger partial charge on any atom is 0.229 e. The summed E-state index contributed by atoms with van der Waals surface area (Å²) in [7, 11) is 0.717. The van der Waals surface area contributed by atoms with Crippen molar-refractivity contribution < 1.29 is 14.1 Å². The first kappa shape index (κ1) is 29.7. The van der Waals surface area contributed by atoms with E-state index < -0.39 is 7.14 Å². The molecular weight excluding hydrogens is 645 g/mol. The van der Waals surface area contributed by atoms with Crippen molar-refractivity contribution in [1.82, 2.24) is 29.7 Å². The van der Waals surface area contributed by atoms with Crippen LogP contribution >= 0.6 is 23.1 Å². The summed E-state index contributed by atoms with van der Waals surface area (Å²) in [5.74, 6) is 1.66. The number of anilines is 5. The maximum atomic E-state index is 13.4. The van der Waals surface area contributed by atoms with Gasteiger partial charge in [-0.05, 0) is 47.5 Å². The largest absolute Gasteiger partial charge is 0.494 e. The number of ether oxygens (including phenoxy) is 1. The molecule has 2 aromatic carbocycles. The van der Waals surface area contributed by atoms with Gasteiger partial charge < -0.3 is 24.8 Å². The number of carbonyl (C=O) groups excluding carboxylic acids is 1. The van der Waals surface area contributed by atoms with E-state index in [0.29, 0.717) is 75.6 Å². The van der Waals surface area contributed by atoms with E-state index in [2.05, 4.69) is 51.5 Å². The molecule has 14 heteroatoms. The number of nitrogens with zero attached hydrogens (tertiary/aromatic N) is 7. The van der Waals surface area contributed by atoms with Crippen LogP contribution in [0.25, 0.3) is 22.2 Å². The van der Waals surface area contributed by atoms with Crippen LogP contribution in [0.5, 0.6) is 5.75 Å². The highest BCUT2D eigenvalue weighted by molar-refractivity contribution is 9.10.